The van der Waals surface area contributed by atoms with Gasteiger partial charge in [-0.1, -0.05) is 71.5 Å². The van der Waals surface area contributed by atoms with Crippen molar-refractivity contribution in [3.8, 4) is 16.3 Å². The Bertz CT molecular complexity index is 1300. The van der Waals surface area contributed by atoms with E-state index in [0.29, 0.717) is 32.9 Å². The van der Waals surface area contributed by atoms with Gasteiger partial charge < -0.3 is 10.1 Å². The Morgan fingerprint density at radius 3 is 2.56 bits per heavy atom. The van der Waals surface area contributed by atoms with Gasteiger partial charge in [-0.25, -0.2) is 0 Å². The van der Waals surface area contributed by atoms with Crippen LogP contribution in [0.3, 0.4) is 0 Å². The Balaban J connectivity index is 1.52. The van der Waals surface area contributed by atoms with Crippen LogP contribution in [-0.4, -0.2) is 35.2 Å². The lowest BCUT2D eigenvalue weighted by Gasteiger charge is -2.18. The number of hydrogen-bond acceptors (Lipinski definition) is 6. The predicted octanol–water partition coefficient (Wildman–Crippen LogP) is 4.85. The number of nitrogens with one attached hydrogen (secondary N) is 2. The van der Waals surface area contributed by atoms with Crippen molar-refractivity contribution in [2.75, 3.05) is 12.4 Å². The Kier molecular flexibility index (Phi) is 7.51. The highest BCUT2D eigenvalue weighted by Crippen LogP contribution is 2.28. The normalized spacial score (nSPS) is 11.5. The maximum Gasteiger partial charge on any atom is 0.252 e. The van der Waals surface area contributed by atoms with Crippen molar-refractivity contribution in [1.29, 1.82) is 0 Å². The van der Waals surface area contributed by atoms with Gasteiger partial charge in [-0.05, 0) is 35.9 Å². The minimum absolute atomic E-state index is 0.308. The molecule has 1 unspecified atom stereocenters. The average Bonchev–Trinajstić information content (AvgIpc) is 3.32. The van der Waals surface area contributed by atoms with Crippen molar-refractivity contribution in [3.63, 3.8) is 0 Å². The summed E-state index contributed by atoms with van der Waals surface area (Å²) in [5.41, 5.74) is 2.10. The van der Waals surface area contributed by atoms with Gasteiger partial charge in [0, 0.05) is 22.6 Å². The third kappa shape index (κ3) is 5.98. The van der Waals surface area contributed by atoms with Crippen molar-refractivity contribution in [2.45, 2.75) is 12.5 Å². The van der Waals surface area contributed by atoms with Crippen LogP contribution in [-0.2, 0) is 11.2 Å². The molecule has 9 heteroatoms. The summed E-state index contributed by atoms with van der Waals surface area (Å²) in [6.45, 7) is 0. The number of carbonyl (C=O) groups is 2. The summed E-state index contributed by atoms with van der Waals surface area (Å²) in [6, 6.07) is 22.6. The third-order valence-electron chi connectivity index (χ3n) is 4.96. The fourth-order valence-corrected chi connectivity index (χ4v) is 4.20. The van der Waals surface area contributed by atoms with Gasteiger partial charge >= 0.3 is 0 Å². The van der Waals surface area contributed by atoms with Crippen molar-refractivity contribution < 1.29 is 14.3 Å². The molecule has 3 aromatic carbocycles. The minimum atomic E-state index is -0.834. The standard InChI is InChI=1S/C25H21ClN4O3S/c1-33-20-12-6-9-17(15-20)22(31)27-21(13-16-7-3-2-4-8-16)23(32)28-25-30-29-24(34-25)18-10-5-11-19(26)14-18/h2-12,14-15,21H,13H2,1H3,(H,27,31)(H,28,30,32). The Morgan fingerprint density at radius 1 is 1.00 bits per heavy atom. The van der Waals surface area contributed by atoms with E-state index in [-0.39, 0.29) is 5.91 Å². The Morgan fingerprint density at radius 2 is 1.79 bits per heavy atom. The summed E-state index contributed by atoms with van der Waals surface area (Å²) < 4.78 is 5.20. The van der Waals surface area contributed by atoms with Gasteiger partial charge in [-0.2, -0.15) is 0 Å². The molecule has 0 saturated heterocycles. The largest absolute Gasteiger partial charge is 0.497 e. The summed E-state index contributed by atoms with van der Waals surface area (Å²) in [7, 11) is 1.53. The lowest BCUT2D eigenvalue weighted by molar-refractivity contribution is -0.118. The first-order chi connectivity index (χ1) is 16.5. The highest BCUT2D eigenvalue weighted by molar-refractivity contribution is 7.18. The van der Waals surface area contributed by atoms with Crippen molar-refractivity contribution >= 4 is 39.9 Å². The first-order valence-corrected chi connectivity index (χ1v) is 11.6. The zero-order chi connectivity index (χ0) is 23.9. The fourth-order valence-electron chi connectivity index (χ4n) is 3.27. The van der Waals surface area contributed by atoms with E-state index >= 15 is 0 Å². The van der Waals surface area contributed by atoms with E-state index in [1.54, 1.807) is 36.4 Å². The van der Waals surface area contributed by atoms with Gasteiger partial charge in [0.2, 0.25) is 11.0 Å². The molecule has 1 atom stereocenters. The zero-order valence-corrected chi connectivity index (χ0v) is 19.8. The molecule has 4 aromatic rings. The minimum Gasteiger partial charge on any atom is -0.497 e. The number of carbonyl (C=O) groups excluding carboxylic acids is 2. The van der Waals surface area contributed by atoms with Crippen LogP contribution in [0.1, 0.15) is 15.9 Å². The Hall–Kier alpha value is -3.75. The van der Waals surface area contributed by atoms with E-state index in [4.69, 9.17) is 16.3 Å². The molecular formula is C25H21ClN4O3S. The van der Waals surface area contributed by atoms with Crippen LogP contribution in [0.4, 0.5) is 5.13 Å². The molecule has 0 aliphatic carbocycles. The number of methoxy groups -OCH3 is 1. The molecular weight excluding hydrogens is 472 g/mol. The van der Waals surface area contributed by atoms with Crippen molar-refractivity contribution in [3.05, 3.63) is 95.0 Å². The molecule has 2 N–H and O–H groups in total. The first kappa shape index (κ1) is 23.4. The molecule has 0 spiro atoms. The second-order valence-electron chi connectivity index (χ2n) is 7.36. The van der Waals surface area contributed by atoms with E-state index in [1.165, 1.54) is 18.4 Å². The molecule has 1 heterocycles. The van der Waals surface area contributed by atoms with Crippen LogP contribution < -0.4 is 15.4 Å². The van der Waals surface area contributed by atoms with Crippen LogP contribution in [0.15, 0.2) is 78.9 Å². The van der Waals surface area contributed by atoms with Gasteiger partial charge in [-0.15, -0.1) is 10.2 Å². The van der Waals surface area contributed by atoms with E-state index in [9.17, 15) is 9.59 Å². The number of benzene rings is 3. The number of anilines is 1. The smallest absolute Gasteiger partial charge is 0.252 e. The van der Waals surface area contributed by atoms with Crippen LogP contribution >= 0.6 is 22.9 Å². The molecule has 172 valence electrons. The summed E-state index contributed by atoms with van der Waals surface area (Å²) in [5.74, 6) is -0.222. The fraction of sp³-hybridized carbons (Fsp3) is 0.120. The van der Waals surface area contributed by atoms with E-state index in [1.807, 2.05) is 42.5 Å². The molecule has 0 aliphatic rings. The number of aromatic nitrogens is 2. The highest BCUT2D eigenvalue weighted by atomic mass is 35.5. The summed E-state index contributed by atoms with van der Waals surface area (Å²) in [5, 5.41) is 15.4. The van der Waals surface area contributed by atoms with Gasteiger partial charge in [0.15, 0.2) is 0 Å². The van der Waals surface area contributed by atoms with Gasteiger partial charge in [0.05, 0.1) is 7.11 Å². The molecule has 0 radical (unpaired) electrons. The molecule has 0 bridgehead atoms. The number of rotatable bonds is 8. The molecule has 0 saturated carbocycles. The van der Waals surface area contributed by atoms with Gasteiger partial charge in [-0.3, -0.25) is 14.9 Å². The molecule has 7 nitrogen and oxygen atoms in total. The molecule has 2 amide bonds. The van der Waals surface area contributed by atoms with E-state index < -0.39 is 11.9 Å². The quantitative estimate of drug-likeness (QED) is 0.367. The summed E-state index contributed by atoms with van der Waals surface area (Å²) >= 11 is 7.29. The maximum absolute atomic E-state index is 13.2. The third-order valence-corrected chi connectivity index (χ3v) is 6.09. The topological polar surface area (TPSA) is 93.2 Å². The number of halogens is 1. The molecule has 34 heavy (non-hydrogen) atoms. The summed E-state index contributed by atoms with van der Waals surface area (Å²) in [6.07, 6.45) is 0.308. The number of hydrogen-bond donors (Lipinski definition) is 2. The SMILES string of the molecule is COc1cccc(C(=O)NC(Cc2ccccc2)C(=O)Nc2nnc(-c3cccc(Cl)c3)s2)c1. The number of ether oxygens (including phenoxy) is 1. The molecule has 4 rings (SSSR count). The van der Waals surface area contributed by atoms with Crippen LogP contribution in [0.2, 0.25) is 5.02 Å². The number of nitrogens with zero attached hydrogens (tertiary/aromatic N) is 2. The summed E-state index contributed by atoms with van der Waals surface area (Å²) in [4.78, 5) is 26.1. The van der Waals surface area contributed by atoms with Crippen LogP contribution in [0.25, 0.3) is 10.6 Å². The second-order valence-corrected chi connectivity index (χ2v) is 8.77. The van der Waals surface area contributed by atoms with E-state index in [0.717, 1.165) is 11.1 Å². The first-order valence-electron chi connectivity index (χ1n) is 10.4. The molecule has 1 aromatic heterocycles. The van der Waals surface area contributed by atoms with Crippen LogP contribution in [0, 0.1) is 0 Å². The van der Waals surface area contributed by atoms with Gasteiger partial charge in [0.1, 0.15) is 16.8 Å². The van der Waals surface area contributed by atoms with Gasteiger partial charge in [0.25, 0.3) is 5.91 Å². The van der Waals surface area contributed by atoms with Crippen molar-refractivity contribution in [1.82, 2.24) is 15.5 Å². The maximum atomic E-state index is 13.2. The average molecular weight is 493 g/mol. The number of amides is 2. The molecule has 0 aliphatic heterocycles. The van der Waals surface area contributed by atoms with Crippen LogP contribution in [0.5, 0.6) is 5.75 Å². The Labute approximate surface area is 205 Å². The lowest BCUT2D eigenvalue weighted by atomic mass is 10.0. The van der Waals surface area contributed by atoms with Crippen molar-refractivity contribution in [2.24, 2.45) is 0 Å². The highest BCUT2D eigenvalue weighted by Gasteiger charge is 2.23. The zero-order valence-electron chi connectivity index (χ0n) is 18.2. The second kappa shape index (κ2) is 10.9. The molecule has 0 fully saturated rings. The predicted molar refractivity (Wildman–Crippen MR) is 133 cm³/mol. The lowest BCUT2D eigenvalue weighted by Crippen LogP contribution is -2.45. The monoisotopic (exact) mass is 492 g/mol. The van der Waals surface area contributed by atoms with E-state index in [2.05, 4.69) is 20.8 Å².